The highest BCUT2D eigenvalue weighted by molar-refractivity contribution is 7.18. The maximum absolute atomic E-state index is 10.9. The van der Waals surface area contributed by atoms with Crippen molar-refractivity contribution in [2.45, 2.75) is 20.8 Å². The van der Waals surface area contributed by atoms with Gasteiger partial charge in [0.15, 0.2) is 0 Å². The number of carbonyl (C=O) groups is 1. The van der Waals surface area contributed by atoms with Gasteiger partial charge in [0, 0.05) is 12.5 Å². The smallest absolute Gasteiger partial charge is 0.223 e. The summed E-state index contributed by atoms with van der Waals surface area (Å²) in [6, 6.07) is 6.18. The number of benzene rings is 1. The Kier molecular flexibility index (Phi) is 3.19. The number of amides is 1. The van der Waals surface area contributed by atoms with Gasteiger partial charge in [0.2, 0.25) is 11.0 Å². The van der Waals surface area contributed by atoms with E-state index in [1.54, 1.807) is 0 Å². The standard InChI is InChI=1S/C12H13N3OS/c1-7-4-5-10(8(2)6-7)11-14-15-12(17-11)13-9(3)16/h4-6H,1-3H3,(H,13,15,16). The fourth-order valence-electron chi connectivity index (χ4n) is 1.59. The third kappa shape index (κ3) is 2.68. The van der Waals surface area contributed by atoms with Crippen LogP contribution in [0.1, 0.15) is 18.1 Å². The molecule has 0 aliphatic rings. The van der Waals surface area contributed by atoms with Gasteiger partial charge in [-0.25, -0.2) is 0 Å². The first-order chi connectivity index (χ1) is 8.06. The molecule has 0 aliphatic heterocycles. The van der Waals surface area contributed by atoms with Crippen molar-refractivity contribution in [1.29, 1.82) is 0 Å². The Labute approximate surface area is 104 Å². The lowest BCUT2D eigenvalue weighted by Crippen LogP contribution is -2.04. The Hall–Kier alpha value is -1.75. The molecule has 1 heterocycles. The molecule has 0 fully saturated rings. The van der Waals surface area contributed by atoms with E-state index in [0.29, 0.717) is 5.13 Å². The number of aryl methyl sites for hydroxylation is 2. The zero-order valence-electron chi connectivity index (χ0n) is 9.94. The number of hydrogen-bond acceptors (Lipinski definition) is 4. The van der Waals surface area contributed by atoms with Crippen molar-refractivity contribution in [2.75, 3.05) is 5.32 Å². The molecule has 0 radical (unpaired) electrons. The van der Waals surface area contributed by atoms with Crippen LogP contribution in [0.25, 0.3) is 10.6 Å². The van der Waals surface area contributed by atoms with Gasteiger partial charge < -0.3 is 5.32 Å². The Morgan fingerprint density at radius 2 is 2.06 bits per heavy atom. The fourth-order valence-corrected chi connectivity index (χ4v) is 2.47. The second kappa shape index (κ2) is 4.63. The average molecular weight is 247 g/mol. The molecule has 0 spiro atoms. The number of rotatable bonds is 2. The predicted molar refractivity (Wildman–Crippen MR) is 69.1 cm³/mol. The van der Waals surface area contributed by atoms with E-state index in [1.165, 1.54) is 23.8 Å². The molecule has 0 atom stereocenters. The number of nitrogens with one attached hydrogen (secondary N) is 1. The van der Waals surface area contributed by atoms with Crippen molar-refractivity contribution >= 4 is 22.4 Å². The Morgan fingerprint density at radius 1 is 1.29 bits per heavy atom. The van der Waals surface area contributed by atoms with Crippen LogP contribution in [0.4, 0.5) is 5.13 Å². The predicted octanol–water partition coefficient (Wildman–Crippen LogP) is 2.78. The number of carbonyl (C=O) groups excluding carboxylic acids is 1. The highest BCUT2D eigenvalue weighted by atomic mass is 32.1. The monoisotopic (exact) mass is 247 g/mol. The van der Waals surface area contributed by atoms with E-state index in [4.69, 9.17) is 0 Å². The van der Waals surface area contributed by atoms with Crippen molar-refractivity contribution in [3.05, 3.63) is 29.3 Å². The SMILES string of the molecule is CC(=O)Nc1nnc(-c2ccc(C)cc2C)s1. The first kappa shape index (κ1) is 11.7. The van der Waals surface area contributed by atoms with Crippen LogP contribution in [0.15, 0.2) is 18.2 Å². The molecule has 0 saturated heterocycles. The minimum Gasteiger partial charge on any atom is -0.301 e. The van der Waals surface area contributed by atoms with E-state index in [9.17, 15) is 4.79 Å². The molecule has 2 aromatic rings. The van der Waals surface area contributed by atoms with Crippen LogP contribution < -0.4 is 5.32 Å². The molecule has 88 valence electrons. The lowest BCUT2D eigenvalue weighted by molar-refractivity contribution is -0.114. The summed E-state index contributed by atoms with van der Waals surface area (Å²) in [5.74, 6) is -0.131. The van der Waals surface area contributed by atoms with Crippen molar-refractivity contribution in [3.63, 3.8) is 0 Å². The first-order valence-electron chi connectivity index (χ1n) is 5.25. The molecule has 0 unspecified atom stereocenters. The van der Waals surface area contributed by atoms with Crippen molar-refractivity contribution in [2.24, 2.45) is 0 Å². The van der Waals surface area contributed by atoms with Crippen LogP contribution in [0.2, 0.25) is 0 Å². The highest BCUT2D eigenvalue weighted by Gasteiger charge is 2.09. The molecular formula is C12H13N3OS. The summed E-state index contributed by atoms with van der Waals surface area (Å²) in [5.41, 5.74) is 3.44. The van der Waals surface area contributed by atoms with Gasteiger partial charge in [-0.3, -0.25) is 4.79 Å². The molecule has 1 N–H and O–H groups in total. The van der Waals surface area contributed by atoms with E-state index in [2.05, 4.69) is 28.5 Å². The second-order valence-electron chi connectivity index (χ2n) is 3.91. The average Bonchev–Trinajstić information content (AvgIpc) is 2.65. The van der Waals surface area contributed by atoms with Crippen LogP contribution in [0.5, 0.6) is 0 Å². The molecular weight excluding hydrogens is 234 g/mol. The van der Waals surface area contributed by atoms with Crippen LogP contribution in [-0.4, -0.2) is 16.1 Å². The number of nitrogens with zero attached hydrogens (tertiary/aromatic N) is 2. The molecule has 1 aromatic heterocycles. The van der Waals surface area contributed by atoms with Gasteiger partial charge in [-0.05, 0) is 19.4 Å². The molecule has 1 aromatic carbocycles. The largest absolute Gasteiger partial charge is 0.301 e. The highest BCUT2D eigenvalue weighted by Crippen LogP contribution is 2.29. The zero-order chi connectivity index (χ0) is 12.4. The van der Waals surface area contributed by atoms with Crippen LogP contribution in [0, 0.1) is 13.8 Å². The van der Waals surface area contributed by atoms with Gasteiger partial charge in [0.1, 0.15) is 5.01 Å². The summed E-state index contributed by atoms with van der Waals surface area (Å²) in [6.45, 7) is 5.56. The van der Waals surface area contributed by atoms with E-state index >= 15 is 0 Å². The van der Waals surface area contributed by atoms with Crippen LogP contribution in [-0.2, 0) is 4.79 Å². The third-order valence-corrected chi connectivity index (χ3v) is 3.19. The minimum atomic E-state index is -0.131. The number of hydrogen-bond donors (Lipinski definition) is 1. The zero-order valence-corrected chi connectivity index (χ0v) is 10.8. The third-order valence-electron chi connectivity index (χ3n) is 2.32. The molecule has 0 bridgehead atoms. The summed E-state index contributed by atoms with van der Waals surface area (Å²) in [7, 11) is 0. The molecule has 2 rings (SSSR count). The van der Waals surface area contributed by atoms with E-state index < -0.39 is 0 Å². The normalized spacial score (nSPS) is 10.3. The van der Waals surface area contributed by atoms with Gasteiger partial charge in [0.25, 0.3) is 0 Å². The Balaban J connectivity index is 2.33. The van der Waals surface area contributed by atoms with E-state index in [0.717, 1.165) is 16.1 Å². The van der Waals surface area contributed by atoms with Crippen molar-refractivity contribution in [1.82, 2.24) is 10.2 Å². The fraction of sp³-hybridized carbons (Fsp3) is 0.250. The van der Waals surface area contributed by atoms with Gasteiger partial charge in [-0.2, -0.15) is 0 Å². The van der Waals surface area contributed by atoms with Crippen LogP contribution in [0.3, 0.4) is 0 Å². The summed E-state index contributed by atoms with van der Waals surface area (Å²) in [5, 5.41) is 12.0. The summed E-state index contributed by atoms with van der Waals surface area (Å²) in [6.07, 6.45) is 0. The number of anilines is 1. The van der Waals surface area contributed by atoms with E-state index in [1.807, 2.05) is 19.1 Å². The molecule has 5 heteroatoms. The molecule has 1 amide bonds. The summed E-state index contributed by atoms with van der Waals surface area (Å²) in [4.78, 5) is 10.9. The lowest BCUT2D eigenvalue weighted by Gasteiger charge is -2.02. The van der Waals surface area contributed by atoms with Gasteiger partial charge in [-0.15, -0.1) is 10.2 Å². The molecule has 17 heavy (non-hydrogen) atoms. The quantitative estimate of drug-likeness (QED) is 0.887. The molecule has 0 aliphatic carbocycles. The summed E-state index contributed by atoms with van der Waals surface area (Å²) < 4.78 is 0. The molecule has 4 nitrogen and oxygen atoms in total. The first-order valence-corrected chi connectivity index (χ1v) is 6.06. The maximum Gasteiger partial charge on any atom is 0.223 e. The van der Waals surface area contributed by atoms with Crippen LogP contribution >= 0.6 is 11.3 Å². The topological polar surface area (TPSA) is 54.9 Å². The van der Waals surface area contributed by atoms with Crippen molar-refractivity contribution < 1.29 is 4.79 Å². The minimum absolute atomic E-state index is 0.131. The summed E-state index contributed by atoms with van der Waals surface area (Å²) >= 11 is 1.38. The Morgan fingerprint density at radius 3 is 2.71 bits per heavy atom. The van der Waals surface area contributed by atoms with Gasteiger partial charge in [-0.1, -0.05) is 35.1 Å². The number of aromatic nitrogens is 2. The molecule has 0 saturated carbocycles. The Bertz CT molecular complexity index is 563. The van der Waals surface area contributed by atoms with Crippen molar-refractivity contribution in [3.8, 4) is 10.6 Å². The maximum atomic E-state index is 10.9. The van der Waals surface area contributed by atoms with Gasteiger partial charge >= 0.3 is 0 Å². The second-order valence-corrected chi connectivity index (χ2v) is 4.89. The van der Waals surface area contributed by atoms with Gasteiger partial charge in [0.05, 0.1) is 0 Å². The lowest BCUT2D eigenvalue weighted by atomic mass is 10.1. The van der Waals surface area contributed by atoms with E-state index in [-0.39, 0.29) is 5.91 Å².